The van der Waals surface area contributed by atoms with E-state index >= 15 is 0 Å². The fraction of sp³-hybridized carbons (Fsp3) is 0.0833. The molecular weight excluding hydrogens is 442 g/mol. The van der Waals surface area contributed by atoms with Gasteiger partial charge >= 0.3 is 5.97 Å². The van der Waals surface area contributed by atoms with Crippen molar-refractivity contribution in [1.29, 1.82) is 0 Å². The molecule has 5 aromatic rings. The molecule has 0 spiro atoms. The van der Waals surface area contributed by atoms with Crippen LogP contribution in [-0.2, 0) is 11.3 Å². The van der Waals surface area contributed by atoms with Gasteiger partial charge in [0.1, 0.15) is 9.71 Å². The molecule has 8 heteroatoms. The Morgan fingerprint density at radius 1 is 1.06 bits per heavy atom. The largest absolute Gasteiger partial charge is 0.465 e. The SMILES string of the molecule is COC(=O)c1ccc(-c2nc(Cn3cnc4cc(-c5ccccc5)sc4c3=O)cs2)cc1. The van der Waals surface area contributed by atoms with Crippen LogP contribution < -0.4 is 5.56 Å². The summed E-state index contributed by atoms with van der Waals surface area (Å²) in [4.78, 5) is 34.8. The maximum absolute atomic E-state index is 13.0. The highest BCUT2D eigenvalue weighted by Gasteiger charge is 2.13. The first kappa shape index (κ1) is 20.3. The van der Waals surface area contributed by atoms with Gasteiger partial charge < -0.3 is 4.74 Å². The number of nitrogens with zero attached hydrogens (tertiary/aromatic N) is 3. The average Bonchev–Trinajstić information content (AvgIpc) is 3.49. The molecule has 6 nitrogen and oxygen atoms in total. The molecule has 0 saturated heterocycles. The normalized spacial score (nSPS) is 11.0. The second kappa shape index (κ2) is 8.49. The van der Waals surface area contributed by atoms with Gasteiger partial charge in [-0.15, -0.1) is 22.7 Å². The Kier molecular flexibility index (Phi) is 5.38. The lowest BCUT2D eigenvalue weighted by atomic mass is 10.1. The summed E-state index contributed by atoms with van der Waals surface area (Å²) in [6.07, 6.45) is 1.58. The summed E-state index contributed by atoms with van der Waals surface area (Å²) in [7, 11) is 1.36. The maximum atomic E-state index is 13.0. The van der Waals surface area contributed by atoms with E-state index in [0.717, 1.165) is 26.7 Å². The number of hydrogen-bond acceptors (Lipinski definition) is 7. The third-order valence-electron chi connectivity index (χ3n) is 5.00. The number of benzene rings is 2. The molecule has 0 atom stereocenters. The molecule has 158 valence electrons. The van der Waals surface area contributed by atoms with Crippen LogP contribution in [0.15, 0.2) is 77.2 Å². The van der Waals surface area contributed by atoms with Crippen LogP contribution in [0.2, 0.25) is 0 Å². The topological polar surface area (TPSA) is 74.1 Å². The van der Waals surface area contributed by atoms with E-state index in [1.54, 1.807) is 23.0 Å². The second-order valence-electron chi connectivity index (χ2n) is 7.08. The Morgan fingerprint density at radius 3 is 2.59 bits per heavy atom. The standard InChI is InChI=1S/C24H17N3O3S2/c1-30-24(29)17-9-7-16(8-10-17)22-26-18(13-31-22)12-27-14-25-19-11-20(32-21(19)23(27)28)15-5-3-2-4-6-15/h2-11,13-14H,12H2,1H3. The second-order valence-corrected chi connectivity index (χ2v) is 8.99. The van der Waals surface area contributed by atoms with Crippen LogP contribution in [0.25, 0.3) is 31.2 Å². The van der Waals surface area contributed by atoms with Gasteiger partial charge in [0.25, 0.3) is 5.56 Å². The van der Waals surface area contributed by atoms with Crippen molar-refractivity contribution >= 4 is 38.9 Å². The molecule has 0 fully saturated rings. The van der Waals surface area contributed by atoms with Crippen molar-refractivity contribution in [1.82, 2.24) is 14.5 Å². The minimum atomic E-state index is -0.373. The summed E-state index contributed by atoms with van der Waals surface area (Å²) in [5, 5.41) is 2.75. The van der Waals surface area contributed by atoms with Crippen molar-refractivity contribution in [2.45, 2.75) is 6.54 Å². The fourth-order valence-corrected chi connectivity index (χ4v) is 5.24. The molecule has 32 heavy (non-hydrogen) atoms. The summed E-state index contributed by atoms with van der Waals surface area (Å²) in [6.45, 7) is 0.344. The molecule has 0 amide bonds. The predicted octanol–water partition coefficient (Wildman–Crippen LogP) is 5.08. The minimum absolute atomic E-state index is 0.0702. The first-order chi connectivity index (χ1) is 15.6. The van der Waals surface area contributed by atoms with Crippen molar-refractivity contribution in [3.05, 3.63) is 94.0 Å². The van der Waals surface area contributed by atoms with E-state index in [2.05, 4.69) is 9.97 Å². The zero-order valence-corrected chi connectivity index (χ0v) is 18.7. The number of thiazole rings is 1. The number of thiophene rings is 1. The molecule has 0 radical (unpaired) electrons. The molecule has 0 unspecified atom stereocenters. The van der Waals surface area contributed by atoms with E-state index in [1.807, 2.05) is 53.9 Å². The molecule has 0 aliphatic rings. The van der Waals surface area contributed by atoms with E-state index in [0.29, 0.717) is 22.3 Å². The summed E-state index contributed by atoms with van der Waals surface area (Å²) in [5.74, 6) is -0.373. The molecule has 0 N–H and O–H groups in total. The van der Waals surface area contributed by atoms with Gasteiger partial charge in [-0.1, -0.05) is 42.5 Å². The van der Waals surface area contributed by atoms with Crippen LogP contribution in [-0.4, -0.2) is 27.6 Å². The zero-order valence-electron chi connectivity index (χ0n) is 17.0. The Bertz CT molecular complexity index is 1470. The highest BCUT2D eigenvalue weighted by Crippen LogP contribution is 2.30. The number of rotatable bonds is 5. The van der Waals surface area contributed by atoms with Crippen molar-refractivity contribution < 1.29 is 9.53 Å². The van der Waals surface area contributed by atoms with Gasteiger partial charge in [0.05, 0.1) is 36.8 Å². The number of aromatic nitrogens is 3. The average molecular weight is 460 g/mol. The van der Waals surface area contributed by atoms with Gasteiger partial charge in [0.15, 0.2) is 0 Å². The summed E-state index contributed by atoms with van der Waals surface area (Å²) in [5.41, 5.74) is 3.89. The lowest BCUT2D eigenvalue weighted by Gasteiger charge is -2.02. The summed E-state index contributed by atoms with van der Waals surface area (Å²) >= 11 is 2.95. The van der Waals surface area contributed by atoms with Gasteiger partial charge in [0, 0.05) is 15.8 Å². The molecular formula is C24H17N3O3S2. The Hall–Kier alpha value is -3.62. The molecule has 3 heterocycles. The number of methoxy groups -OCH3 is 1. The zero-order chi connectivity index (χ0) is 22.1. The first-order valence-corrected chi connectivity index (χ1v) is 11.5. The minimum Gasteiger partial charge on any atom is -0.465 e. The number of hydrogen-bond donors (Lipinski definition) is 0. The maximum Gasteiger partial charge on any atom is 0.337 e. The van der Waals surface area contributed by atoms with Gasteiger partial charge in [0.2, 0.25) is 0 Å². The number of carbonyl (C=O) groups is 1. The van der Waals surface area contributed by atoms with E-state index in [4.69, 9.17) is 4.74 Å². The Morgan fingerprint density at radius 2 is 1.84 bits per heavy atom. The number of esters is 1. The van der Waals surface area contributed by atoms with Crippen molar-refractivity contribution in [2.75, 3.05) is 7.11 Å². The van der Waals surface area contributed by atoms with Crippen LogP contribution in [0, 0.1) is 0 Å². The van der Waals surface area contributed by atoms with Crippen LogP contribution in [0.4, 0.5) is 0 Å². The third-order valence-corrected chi connectivity index (χ3v) is 7.10. The monoisotopic (exact) mass is 459 g/mol. The van der Waals surface area contributed by atoms with Crippen molar-refractivity contribution in [3.8, 4) is 21.0 Å². The number of carbonyl (C=O) groups excluding carboxylic acids is 1. The van der Waals surface area contributed by atoms with Crippen molar-refractivity contribution in [3.63, 3.8) is 0 Å². The fourth-order valence-electron chi connectivity index (χ4n) is 3.36. The lowest BCUT2D eigenvalue weighted by Crippen LogP contribution is -2.20. The molecule has 5 rings (SSSR count). The van der Waals surface area contributed by atoms with Crippen LogP contribution in [0.1, 0.15) is 16.1 Å². The highest BCUT2D eigenvalue weighted by atomic mass is 32.1. The molecule has 0 aliphatic carbocycles. The van der Waals surface area contributed by atoms with E-state index in [1.165, 1.54) is 29.8 Å². The highest BCUT2D eigenvalue weighted by molar-refractivity contribution is 7.22. The Balaban J connectivity index is 1.40. The molecule has 0 saturated carbocycles. The summed E-state index contributed by atoms with van der Waals surface area (Å²) < 4.78 is 6.96. The third kappa shape index (κ3) is 3.86. The number of ether oxygens (including phenoxy) is 1. The van der Waals surface area contributed by atoms with Gasteiger partial charge in [-0.3, -0.25) is 9.36 Å². The molecule has 2 aromatic carbocycles. The smallest absolute Gasteiger partial charge is 0.337 e. The summed E-state index contributed by atoms with van der Waals surface area (Å²) in [6, 6.07) is 19.0. The van der Waals surface area contributed by atoms with E-state index in [-0.39, 0.29) is 11.5 Å². The molecule has 0 bridgehead atoms. The predicted molar refractivity (Wildman–Crippen MR) is 127 cm³/mol. The first-order valence-electron chi connectivity index (χ1n) is 9.80. The van der Waals surface area contributed by atoms with E-state index < -0.39 is 0 Å². The Labute approximate surface area is 191 Å². The van der Waals surface area contributed by atoms with Crippen LogP contribution >= 0.6 is 22.7 Å². The van der Waals surface area contributed by atoms with Crippen molar-refractivity contribution in [2.24, 2.45) is 0 Å². The van der Waals surface area contributed by atoms with Gasteiger partial charge in [-0.05, 0) is 23.8 Å². The number of fused-ring (bicyclic) bond motifs is 1. The molecule has 3 aromatic heterocycles. The van der Waals surface area contributed by atoms with Gasteiger partial charge in [-0.25, -0.2) is 14.8 Å². The lowest BCUT2D eigenvalue weighted by molar-refractivity contribution is 0.0601. The quantitative estimate of drug-likeness (QED) is 0.343. The molecule has 0 aliphatic heterocycles. The van der Waals surface area contributed by atoms with E-state index in [9.17, 15) is 9.59 Å². The van der Waals surface area contributed by atoms with Crippen LogP contribution in [0.3, 0.4) is 0 Å². The van der Waals surface area contributed by atoms with Gasteiger partial charge in [-0.2, -0.15) is 0 Å². The van der Waals surface area contributed by atoms with Crippen LogP contribution in [0.5, 0.6) is 0 Å².